The predicted molar refractivity (Wildman–Crippen MR) is 79.3 cm³/mol. The molecule has 1 N–H and O–H groups in total. The summed E-state index contributed by atoms with van der Waals surface area (Å²) < 4.78 is 5.55. The maximum absolute atomic E-state index is 9.66. The van der Waals surface area contributed by atoms with Crippen molar-refractivity contribution in [2.24, 2.45) is 0 Å². The topological polar surface area (TPSA) is 48.3 Å². The van der Waals surface area contributed by atoms with E-state index in [2.05, 4.69) is 23.2 Å². The molecular formula is C16H23N3O. The average molecular weight is 273 g/mol. The Kier molecular flexibility index (Phi) is 5.13. The largest absolute Gasteiger partial charge is 0.376 e. The van der Waals surface area contributed by atoms with E-state index >= 15 is 0 Å². The molecule has 0 aromatic heterocycles. The van der Waals surface area contributed by atoms with E-state index in [-0.39, 0.29) is 6.10 Å². The van der Waals surface area contributed by atoms with Crippen LogP contribution in [0.1, 0.15) is 18.9 Å². The molecule has 4 nitrogen and oxygen atoms in total. The van der Waals surface area contributed by atoms with E-state index < -0.39 is 5.54 Å². The first-order valence-corrected chi connectivity index (χ1v) is 7.20. The fourth-order valence-corrected chi connectivity index (χ4v) is 2.73. The number of nitriles is 1. The van der Waals surface area contributed by atoms with E-state index in [0.717, 1.165) is 38.2 Å². The zero-order valence-corrected chi connectivity index (χ0v) is 12.3. The van der Waals surface area contributed by atoms with Crippen LogP contribution in [0.25, 0.3) is 0 Å². The first-order chi connectivity index (χ1) is 9.70. The molecule has 2 atom stereocenters. The second kappa shape index (κ2) is 6.85. The van der Waals surface area contributed by atoms with Gasteiger partial charge in [-0.2, -0.15) is 5.26 Å². The van der Waals surface area contributed by atoms with Gasteiger partial charge in [0.15, 0.2) is 0 Å². The highest BCUT2D eigenvalue weighted by Gasteiger charge is 2.31. The van der Waals surface area contributed by atoms with Gasteiger partial charge in [0.25, 0.3) is 0 Å². The molecule has 108 valence electrons. The molecule has 1 heterocycles. The number of rotatable bonds is 5. The summed E-state index contributed by atoms with van der Waals surface area (Å²) in [6.45, 7) is 5.67. The fraction of sp³-hybridized carbons (Fsp3) is 0.562. The molecule has 0 bridgehead atoms. The van der Waals surface area contributed by atoms with Crippen LogP contribution in [0.5, 0.6) is 0 Å². The van der Waals surface area contributed by atoms with Crippen molar-refractivity contribution in [2.75, 3.05) is 33.3 Å². The lowest BCUT2D eigenvalue weighted by atomic mass is 9.88. The van der Waals surface area contributed by atoms with Gasteiger partial charge in [0.1, 0.15) is 5.54 Å². The van der Waals surface area contributed by atoms with Crippen LogP contribution in [0.4, 0.5) is 0 Å². The van der Waals surface area contributed by atoms with Crippen LogP contribution in [-0.4, -0.2) is 44.3 Å². The quantitative estimate of drug-likeness (QED) is 0.887. The molecule has 0 radical (unpaired) electrons. The molecule has 0 spiro atoms. The average Bonchev–Trinajstić information content (AvgIpc) is 2.50. The summed E-state index contributed by atoms with van der Waals surface area (Å²) in [6, 6.07) is 12.4. The molecule has 4 heteroatoms. The van der Waals surface area contributed by atoms with Crippen molar-refractivity contribution in [3.63, 3.8) is 0 Å². The fourth-order valence-electron chi connectivity index (χ4n) is 2.73. The lowest BCUT2D eigenvalue weighted by Crippen LogP contribution is -2.46. The van der Waals surface area contributed by atoms with Gasteiger partial charge in [0.05, 0.1) is 18.8 Å². The molecule has 1 saturated heterocycles. The zero-order valence-electron chi connectivity index (χ0n) is 12.3. The van der Waals surface area contributed by atoms with Crippen molar-refractivity contribution in [1.82, 2.24) is 10.2 Å². The first kappa shape index (κ1) is 15.0. The molecule has 0 amide bonds. The summed E-state index contributed by atoms with van der Waals surface area (Å²) in [5.74, 6) is 0. The van der Waals surface area contributed by atoms with E-state index in [0.29, 0.717) is 0 Å². The van der Waals surface area contributed by atoms with Crippen molar-refractivity contribution in [3.05, 3.63) is 35.9 Å². The highest BCUT2D eigenvalue weighted by Crippen LogP contribution is 2.24. The van der Waals surface area contributed by atoms with Gasteiger partial charge in [-0.05, 0) is 26.0 Å². The number of benzene rings is 1. The molecular weight excluding hydrogens is 250 g/mol. The zero-order chi connectivity index (χ0) is 14.4. The van der Waals surface area contributed by atoms with Gasteiger partial charge in [0, 0.05) is 19.6 Å². The lowest BCUT2D eigenvalue weighted by Gasteiger charge is -2.34. The number of hydrogen-bond donors (Lipinski definition) is 1. The van der Waals surface area contributed by atoms with E-state index in [1.807, 2.05) is 37.4 Å². The van der Waals surface area contributed by atoms with Crippen molar-refractivity contribution in [1.29, 1.82) is 5.26 Å². The molecule has 0 aliphatic carbocycles. The van der Waals surface area contributed by atoms with E-state index in [1.165, 1.54) is 0 Å². The summed E-state index contributed by atoms with van der Waals surface area (Å²) in [6.07, 6.45) is 1.06. The minimum Gasteiger partial charge on any atom is -0.376 e. The van der Waals surface area contributed by atoms with Gasteiger partial charge >= 0.3 is 0 Å². The normalized spacial score (nSPS) is 22.9. The SMILES string of the molecule is CNC(C#N)(CCN1CCOC(C)C1)c1ccccc1. The number of hydrogen-bond acceptors (Lipinski definition) is 4. The van der Waals surface area contributed by atoms with Gasteiger partial charge in [-0.1, -0.05) is 30.3 Å². The van der Waals surface area contributed by atoms with Crippen molar-refractivity contribution < 1.29 is 4.74 Å². The minimum absolute atomic E-state index is 0.284. The maximum Gasteiger partial charge on any atom is 0.133 e. The third-order valence-corrected chi connectivity index (χ3v) is 4.01. The monoisotopic (exact) mass is 273 g/mol. The molecule has 1 aliphatic rings. The summed E-state index contributed by atoms with van der Waals surface area (Å²) in [4.78, 5) is 2.38. The number of nitrogens with zero attached hydrogens (tertiary/aromatic N) is 2. The second-order valence-corrected chi connectivity index (χ2v) is 5.37. The number of morpholine rings is 1. The van der Waals surface area contributed by atoms with Crippen LogP contribution >= 0.6 is 0 Å². The number of nitrogens with one attached hydrogen (secondary N) is 1. The predicted octanol–water partition coefficient (Wildman–Crippen LogP) is 1.74. The van der Waals surface area contributed by atoms with Crippen LogP contribution in [0.2, 0.25) is 0 Å². The third-order valence-electron chi connectivity index (χ3n) is 4.01. The standard InChI is InChI=1S/C16H23N3O/c1-14-12-19(10-11-20-14)9-8-16(13-17,18-2)15-6-4-3-5-7-15/h3-7,14,18H,8-12H2,1-2H3. The molecule has 1 aromatic rings. The van der Waals surface area contributed by atoms with Crippen LogP contribution in [-0.2, 0) is 10.3 Å². The van der Waals surface area contributed by atoms with Crippen molar-refractivity contribution in [3.8, 4) is 6.07 Å². The van der Waals surface area contributed by atoms with Gasteiger partial charge in [-0.15, -0.1) is 0 Å². The molecule has 0 saturated carbocycles. The van der Waals surface area contributed by atoms with E-state index in [1.54, 1.807) is 0 Å². The van der Waals surface area contributed by atoms with Crippen LogP contribution in [0, 0.1) is 11.3 Å². The van der Waals surface area contributed by atoms with Gasteiger partial charge in [0.2, 0.25) is 0 Å². The van der Waals surface area contributed by atoms with Crippen LogP contribution in [0.15, 0.2) is 30.3 Å². The molecule has 2 rings (SSSR count). The van der Waals surface area contributed by atoms with Crippen molar-refractivity contribution in [2.45, 2.75) is 25.0 Å². The van der Waals surface area contributed by atoms with Crippen LogP contribution in [0.3, 0.4) is 0 Å². The van der Waals surface area contributed by atoms with Crippen molar-refractivity contribution >= 4 is 0 Å². The van der Waals surface area contributed by atoms with Crippen LogP contribution < -0.4 is 5.32 Å². The Labute approximate surface area is 121 Å². The Balaban J connectivity index is 2.05. The van der Waals surface area contributed by atoms with Gasteiger partial charge in [-0.25, -0.2) is 0 Å². The van der Waals surface area contributed by atoms with E-state index in [9.17, 15) is 5.26 Å². The molecule has 20 heavy (non-hydrogen) atoms. The highest BCUT2D eigenvalue weighted by molar-refractivity contribution is 5.31. The van der Waals surface area contributed by atoms with Gasteiger partial charge in [-0.3, -0.25) is 10.2 Å². The van der Waals surface area contributed by atoms with Gasteiger partial charge < -0.3 is 4.74 Å². The molecule has 1 aliphatic heterocycles. The van der Waals surface area contributed by atoms with E-state index in [4.69, 9.17) is 4.74 Å². The number of ether oxygens (including phenoxy) is 1. The Morgan fingerprint density at radius 3 is 2.80 bits per heavy atom. The summed E-state index contributed by atoms with van der Waals surface area (Å²) in [5, 5.41) is 12.9. The first-order valence-electron chi connectivity index (χ1n) is 7.20. The third kappa shape index (κ3) is 3.37. The minimum atomic E-state index is -0.608. The Bertz CT molecular complexity index is 457. The lowest BCUT2D eigenvalue weighted by molar-refractivity contribution is -0.0200. The molecule has 1 fully saturated rings. The molecule has 2 unspecified atom stereocenters. The summed E-state index contributed by atoms with van der Waals surface area (Å²) >= 11 is 0. The molecule has 1 aromatic carbocycles. The Morgan fingerprint density at radius 1 is 1.45 bits per heavy atom. The summed E-state index contributed by atoms with van der Waals surface area (Å²) in [5.41, 5.74) is 0.425. The Morgan fingerprint density at radius 2 is 2.20 bits per heavy atom. The smallest absolute Gasteiger partial charge is 0.133 e. The Hall–Kier alpha value is -1.41. The summed E-state index contributed by atoms with van der Waals surface area (Å²) in [7, 11) is 1.86. The second-order valence-electron chi connectivity index (χ2n) is 5.37. The highest BCUT2D eigenvalue weighted by atomic mass is 16.5. The maximum atomic E-state index is 9.66.